The molecule has 0 bridgehead atoms. The molecule has 100 valence electrons. The summed E-state index contributed by atoms with van der Waals surface area (Å²) < 4.78 is 40.3. The summed E-state index contributed by atoms with van der Waals surface area (Å²) in [6.07, 6.45) is -5.09. The second-order valence-corrected chi connectivity index (χ2v) is 4.43. The summed E-state index contributed by atoms with van der Waals surface area (Å²) in [6, 6.07) is 0. The molecule has 2 aromatic heterocycles. The molecule has 0 aromatic carbocycles. The maximum absolute atomic E-state index is 12.3. The van der Waals surface area contributed by atoms with Crippen molar-refractivity contribution < 1.29 is 13.2 Å². The van der Waals surface area contributed by atoms with Gasteiger partial charge in [-0.2, -0.15) is 18.3 Å². The Bertz CT molecular complexity index is 619. The molecule has 0 atom stereocenters. The van der Waals surface area contributed by atoms with Crippen LogP contribution in [0.1, 0.15) is 19.0 Å². The lowest BCUT2D eigenvalue weighted by Crippen LogP contribution is -2.13. The molecule has 0 radical (unpaired) electrons. The van der Waals surface area contributed by atoms with Gasteiger partial charge < -0.3 is 9.55 Å². The minimum atomic E-state index is -4.19. The second-order valence-electron chi connectivity index (χ2n) is 4.05. The van der Waals surface area contributed by atoms with Gasteiger partial charge in [-0.3, -0.25) is 0 Å². The van der Waals surface area contributed by atoms with Crippen LogP contribution >= 0.6 is 12.2 Å². The van der Waals surface area contributed by atoms with Gasteiger partial charge in [-0.25, -0.2) is 4.68 Å². The Morgan fingerprint density at radius 2 is 2.06 bits per heavy atom. The predicted molar refractivity (Wildman–Crippen MR) is 64.0 cm³/mol. The van der Waals surface area contributed by atoms with E-state index in [0.717, 1.165) is 5.69 Å². The summed E-state index contributed by atoms with van der Waals surface area (Å²) in [7, 11) is 0. The number of nitrogens with zero attached hydrogens (tertiary/aromatic N) is 3. The van der Waals surface area contributed by atoms with Crippen LogP contribution in [0.4, 0.5) is 13.2 Å². The molecule has 0 amide bonds. The minimum Gasteiger partial charge on any atom is -0.328 e. The molecule has 2 rings (SSSR count). The Hall–Kier alpha value is -1.31. The van der Waals surface area contributed by atoms with Gasteiger partial charge in [0.25, 0.3) is 0 Å². The first kappa shape index (κ1) is 13.1. The van der Waals surface area contributed by atoms with Crippen molar-refractivity contribution in [3.05, 3.63) is 10.5 Å². The third-order valence-electron chi connectivity index (χ3n) is 2.75. The zero-order valence-corrected chi connectivity index (χ0v) is 10.8. The van der Waals surface area contributed by atoms with Gasteiger partial charge >= 0.3 is 6.18 Å². The van der Waals surface area contributed by atoms with Crippen LogP contribution in [0.15, 0.2) is 0 Å². The van der Waals surface area contributed by atoms with Gasteiger partial charge in [0.05, 0.1) is 12.1 Å². The lowest BCUT2D eigenvalue weighted by atomic mass is 10.4. The highest BCUT2D eigenvalue weighted by Gasteiger charge is 2.27. The summed E-state index contributed by atoms with van der Waals surface area (Å²) in [5, 5.41) is 4.25. The van der Waals surface area contributed by atoms with Crippen LogP contribution in [-0.2, 0) is 13.1 Å². The van der Waals surface area contributed by atoms with Gasteiger partial charge in [0.2, 0.25) is 0 Å². The van der Waals surface area contributed by atoms with Gasteiger partial charge in [-0.1, -0.05) is 0 Å². The minimum absolute atomic E-state index is 0.187. The molecule has 0 unspecified atom stereocenters. The van der Waals surface area contributed by atoms with Crippen LogP contribution < -0.4 is 0 Å². The van der Waals surface area contributed by atoms with Crippen LogP contribution in [0.2, 0.25) is 0 Å². The molecule has 0 spiro atoms. The second kappa shape index (κ2) is 4.42. The summed E-state index contributed by atoms with van der Waals surface area (Å²) in [5.41, 5.74) is 2.08. The van der Waals surface area contributed by atoms with E-state index in [2.05, 4.69) is 10.1 Å². The smallest absolute Gasteiger partial charge is 0.328 e. The van der Waals surface area contributed by atoms with Crippen LogP contribution in [0.25, 0.3) is 11.2 Å². The Kier molecular flexibility index (Phi) is 3.22. The van der Waals surface area contributed by atoms with Crippen molar-refractivity contribution in [2.75, 3.05) is 0 Å². The molecule has 2 heterocycles. The number of hydrogen-bond donors (Lipinski definition) is 1. The van der Waals surface area contributed by atoms with Crippen LogP contribution in [0.5, 0.6) is 0 Å². The number of rotatable bonds is 3. The largest absolute Gasteiger partial charge is 0.390 e. The van der Waals surface area contributed by atoms with Gasteiger partial charge in [-0.15, -0.1) is 0 Å². The lowest BCUT2D eigenvalue weighted by molar-refractivity contribution is -0.136. The lowest BCUT2D eigenvalue weighted by Gasteiger charge is -2.08. The number of alkyl halides is 3. The van der Waals surface area contributed by atoms with Crippen molar-refractivity contribution in [1.82, 2.24) is 19.3 Å². The first-order valence-corrected chi connectivity index (χ1v) is 5.97. The molecule has 4 nitrogen and oxygen atoms in total. The van der Waals surface area contributed by atoms with Crippen LogP contribution in [-0.4, -0.2) is 25.5 Å². The number of hydrogen-bond acceptors (Lipinski definition) is 2. The van der Waals surface area contributed by atoms with Gasteiger partial charge in [0.1, 0.15) is 5.52 Å². The van der Waals surface area contributed by atoms with E-state index in [1.54, 1.807) is 11.6 Å². The van der Waals surface area contributed by atoms with E-state index in [-0.39, 0.29) is 6.54 Å². The van der Waals surface area contributed by atoms with Crippen molar-refractivity contribution in [3.63, 3.8) is 0 Å². The fourth-order valence-electron chi connectivity index (χ4n) is 1.93. The molecule has 2 aromatic rings. The highest BCUT2D eigenvalue weighted by molar-refractivity contribution is 7.71. The zero-order chi connectivity index (χ0) is 13.5. The Balaban J connectivity index is 2.49. The molecular formula is C10H13F3N4S. The van der Waals surface area contributed by atoms with E-state index in [1.165, 1.54) is 4.57 Å². The molecule has 0 aliphatic rings. The maximum Gasteiger partial charge on any atom is 0.390 e. The molecule has 0 saturated heterocycles. The van der Waals surface area contributed by atoms with Crippen molar-refractivity contribution in [1.29, 1.82) is 0 Å². The Morgan fingerprint density at radius 1 is 1.39 bits per heavy atom. The van der Waals surface area contributed by atoms with Crippen LogP contribution in [0.3, 0.4) is 0 Å². The third-order valence-corrected chi connectivity index (χ3v) is 3.07. The number of H-pyrrole nitrogens is 1. The van der Waals surface area contributed by atoms with Crippen molar-refractivity contribution in [3.8, 4) is 0 Å². The first-order valence-electron chi connectivity index (χ1n) is 5.56. The molecule has 0 fully saturated rings. The Morgan fingerprint density at radius 3 is 2.61 bits per heavy atom. The number of aromatic amines is 1. The monoisotopic (exact) mass is 278 g/mol. The number of aromatic nitrogens is 4. The van der Waals surface area contributed by atoms with Crippen molar-refractivity contribution in [2.45, 2.75) is 39.5 Å². The molecule has 18 heavy (non-hydrogen) atoms. The topological polar surface area (TPSA) is 38.5 Å². The van der Waals surface area contributed by atoms with Gasteiger partial charge in [0.15, 0.2) is 10.4 Å². The average Bonchev–Trinajstić information content (AvgIpc) is 2.73. The number of nitrogens with one attached hydrogen (secondary N) is 1. The van der Waals surface area contributed by atoms with E-state index in [9.17, 15) is 13.2 Å². The summed E-state index contributed by atoms with van der Waals surface area (Å²) in [6.45, 7) is 4.08. The van der Waals surface area contributed by atoms with Crippen molar-refractivity contribution >= 4 is 23.4 Å². The fraction of sp³-hybridized carbons (Fsp3) is 0.600. The fourth-order valence-corrected chi connectivity index (χ4v) is 2.21. The van der Waals surface area contributed by atoms with E-state index in [0.29, 0.717) is 22.5 Å². The number of fused-ring (bicyclic) bond motifs is 1. The summed E-state index contributed by atoms with van der Waals surface area (Å²) in [5.74, 6) is 0. The van der Waals surface area contributed by atoms with E-state index in [1.807, 2.05) is 6.92 Å². The molecule has 0 aliphatic carbocycles. The quantitative estimate of drug-likeness (QED) is 0.876. The number of aryl methyl sites for hydroxylation is 3. The third kappa shape index (κ3) is 2.29. The van der Waals surface area contributed by atoms with E-state index in [4.69, 9.17) is 12.2 Å². The summed E-state index contributed by atoms with van der Waals surface area (Å²) in [4.78, 5) is 2.91. The van der Waals surface area contributed by atoms with Gasteiger partial charge in [0, 0.05) is 13.1 Å². The number of imidazole rings is 1. The molecule has 8 heteroatoms. The Labute approximate surface area is 106 Å². The average molecular weight is 278 g/mol. The van der Waals surface area contributed by atoms with Gasteiger partial charge in [-0.05, 0) is 26.1 Å². The highest BCUT2D eigenvalue weighted by atomic mass is 32.1. The maximum atomic E-state index is 12.3. The van der Waals surface area contributed by atoms with Crippen LogP contribution in [0, 0.1) is 11.7 Å². The molecule has 0 saturated carbocycles. The highest BCUT2D eigenvalue weighted by Crippen LogP contribution is 2.23. The first-order chi connectivity index (χ1) is 8.33. The van der Waals surface area contributed by atoms with Crippen molar-refractivity contribution in [2.24, 2.45) is 0 Å². The molecule has 0 aliphatic heterocycles. The SMILES string of the molecule is CCn1nc(C)c2[nH]c(=S)n(CCC(F)(F)F)c21. The molecular weight excluding hydrogens is 265 g/mol. The normalized spacial score (nSPS) is 12.5. The number of halogens is 3. The van der Waals surface area contributed by atoms with E-state index < -0.39 is 12.6 Å². The van der Waals surface area contributed by atoms with E-state index >= 15 is 0 Å². The predicted octanol–water partition coefficient (Wildman–Crippen LogP) is 3.18. The summed E-state index contributed by atoms with van der Waals surface area (Å²) >= 11 is 5.06. The molecule has 1 N–H and O–H groups in total. The zero-order valence-electron chi connectivity index (χ0n) is 10.0. The standard InChI is InChI=1S/C10H13F3N4S/c1-3-17-8-7(6(2)15-17)14-9(18)16(8)5-4-10(11,12)13/h3-5H2,1-2H3,(H,14,18).